The van der Waals surface area contributed by atoms with Crippen LogP contribution in [0, 0.1) is 6.92 Å². The Labute approximate surface area is 145 Å². The highest BCUT2D eigenvalue weighted by Crippen LogP contribution is 2.15. The first-order valence-electron chi connectivity index (χ1n) is 8.95. The van der Waals surface area contributed by atoms with E-state index in [4.69, 9.17) is 0 Å². The largest absolute Gasteiger partial charge is 0.387 e. The second-order valence-corrected chi connectivity index (χ2v) is 6.86. The average Bonchev–Trinajstić information content (AvgIpc) is 3.07. The molecule has 2 atom stereocenters. The fourth-order valence-electron chi connectivity index (χ4n) is 3.32. The van der Waals surface area contributed by atoms with Crippen LogP contribution in [0.15, 0.2) is 54.6 Å². The smallest absolute Gasteiger partial charge is 0.0914 e. The topological polar surface area (TPSA) is 35.5 Å². The Morgan fingerprint density at radius 1 is 1.12 bits per heavy atom. The summed E-state index contributed by atoms with van der Waals surface area (Å²) in [6.45, 7) is 6.03. The molecule has 2 aromatic carbocycles. The molecule has 0 spiro atoms. The fraction of sp³-hybridized carbons (Fsp3) is 0.429. The van der Waals surface area contributed by atoms with Crippen LogP contribution in [0.25, 0.3) is 0 Å². The summed E-state index contributed by atoms with van der Waals surface area (Å²) in [6.07, 6.45) is 1.85. The third-order valence-electron chi connectivity index (χ3n) is 4.89. The summed E-state index contributed by atoms with van der Waals surface area (Å²) in [5.74, 6) is 0. The van der Waals surface area contributed by atoms with Crippen molar-refractivity contribution in [3.8, 4) is 0 Å². The van der Waals surface area contributed by atoms with Crippen LogP contribution in [-0.2, 0) is 6.42 Å². The molecule has 1 aliphatic heterocycles. The number of nitrogens with one attached hydrogen (secondary N) is 1. The molecule has 1 heterocycles. The molecule has 0 aromatic heterocycles. The van der Waals surface area contributed by atoms with Crippen molar-refractivity contribution in [3.05, 3.63) is 71.3 Å². The SMILES string of the molecule is Cc1ccc([C@@H](O)CN[C@H]2CCN(CCc3ccccc3)C2)cc1. The lowest BCUT2D eigenvalue weighted by molar-refractivity contribution is 0.169. The van der Waals surface area contributed by atoms with Crippen LogP contribution < -0.4 is 5.32 Å². The van der Waals surface area contributed by atoms with Crippen molar-refractivity contribution < 1.29 is 5.11 Å². The summed E-state index contributed by atoms with van der Waals surface area (Å²) in [4.78, 5) is 2.52. The number of nitrogens with zero attached hydrogens (tertiary/aromatic N) is 1. The van der Waals surface area contributed by atoms with Crippen LogP contribution in [-0.4, -0.2) is 42.2 Å². The highest BCUT2D eigenvalue weighted by molar-refractivity contribution is 5.23. The molecule has 0 radical (unpaired) electrons. The number of rotatable bonds is 7. The van der Waals surface area contributed by atoms with Gasteiger partial charge in [-0.05, 0) is 37.4 Å². The first kappa shape index (κ1) is 17.2. The zero-order chi connectivity index (χ0) is 16.8. The Morgan fingerprint density at radius 2 is 1.88 bits per heavy atom. The lowest BCUT2D eigenvalue weighted by Crippen LogP contribution is -2.35. The molecule has 0 amide bonds. The van der Waals surface area contributed by atoms with E-state index >= 15 is 0 Å². The molecular formula is C21H28N2O. The Morgan fingerprint density at radius 3 is 2.62 bits per heavy atom. The quantitative estimate of drug-likeness (QED) is 0.822. The average molecular weight is 324 g/mol. The van der Waals surface area contributed by atoms with Crippen molar-refractivity contribution in [3.63, 3.8) is 0 Å². The number of hydrogen-bond donors (Lipinski definition) is 2. The van der Waals surface area contributed by atoms with Crippen molar-refractivity contribution in [1.82, 2.24) is 10.2 Å². The van der Waals surface area contributed by atoms with Gasteiger partial charge in [-0.1, -0.05) is 60.2 Å². The van der Waals surface area contributed by atoms with Crippen LogP contribution in [0.1, 0.15) is 29.2 Å². The van der Waals surface area contributed by atoms with Crippen LogP contribution >= 0.6 is 0 Å². The van der Waals surface area contributed by atoms with Gasteiger partial charge in [0.2, 0.25) is 0 Å². The Balaban J connectivity index is 1.39. The maximum atomic E-state index is 10.3. The maximum absolute atomic E-state index is 10.3. The molecule has 1 saturated heterocycles. The third kappa shape index (κ3) is 4.91. The molecule has 24 heavy (non-hydrogen) atoms. The molecule has 1 fully saturated rings. The summed E-state index contributed by atoms with van der Waals surface area (Å²) in [6, 6.07) is 19.3. The van der Waals surface area contributed by atoms with Gasteiger partial charge in [0.1, 0.15) is 0 Å². The van der Waals surface area contributed by atoms with E-state index in [9.17, 15) is 5.11 Å². The zero-order valence-electron chi connectivity index (χ0n) is 14.5. The number of likely N-dealkylation sites (tertiary alicyclic amines) is 1. The zero-order valence-corrected chi connectivity index (χ0v) is 14.5. The summed E-state index contributed by atoms with van der Waals surface area (Å²) < 4.78 is 0. The summed E-state index contributed by atoms with van der Waals surface area (Å²) in [7, 11) is 0. The first-order chi connectivity index (χ1) is 11.7. The van der Waals surface area contributed by atoms with E-state index in [1.54, 1.807) is 0 Å². The molecular weight excluding hydrogens is 296 g/mol. The molecule has 1 aliphatic rings. The second kappa shape index (κ2) is 8.43. The molecule has 0 bridgehead atoms. The van der Waals surface area contributed by atoms with E-state index in [2.05, 4.69) is 59.6 Å². The van der Waals surface area contributed by atoms with Crippen molar-refractivity contribution in [2.24, 2.45) is 0 Å². The van der Waals surface area contributed by atoms with Crippen LogP contribution in [0.4, 0.5) is 0 Å². The van der Waals surface area contributed by atoms with Gasteiger partial charge in [0.25, 0.3) is 0 Å². The minimum Gasteiger partial charge on any atom is -0.387 e. The normalized spacial score (nSPS) is 19.5. The number of benzene rings is 2. The molecule has 2 N–H and O–H groups in total. The standard InChI is InChI=1S/C21H28N2O/c1-17-7-9-19(10-8-17)21(24)15-22-20-12-14-23(16-20)13-11-18-5-3-2-4-6-18/h2-10,20-22,24H,11-16H2,1H3/t20-,21-/m0/s1. The number of aliphatic hydroxyl groups is 1. The van der Waals surface area contributed by atoms with Gasteiger partial charge < -0.3 is 15.3 Å². The van der Waals surface area contributed by atoms with Gasteiger partial charge in [-0.2, -0.15) is 0 Å². The van der Waals surface area contributed by atoms with Crippen molar-refractivity contribution in [2.45, 2.75) is 31.9 Å². The number of hydrogen-bond acceptors (Lipinski definition) is 3. The molecule has 2 aromatic rings. The van der Waals surface area contributed by atoms with Crippen molar-refractivity contribution in [2.75, 3.05) is 26.2 Å². The van der Waals surface area contributed by atoms with E-state index in [-0.39, 0.29) is 0 Å². The monoisotopic (exact) mass is 324 g/mol. The second-order valence-electron chi connectivity index (χ2n) is 6.86. The van der Waals surface area contributed by atoms with Crippen molar-refractivity contribution in [1.29, 1.82) is 0 Å². The van der Waals surface area contributed by atoms with Gasteiger partial charge in [0, 0.05) is 25.7 Å². The van der Waals surface area contributed by atoms with Crippen molar-refractivity contribution >= 4 is 0 Å². The highest BCUT2D eigenvalue weighted by atomic mass is 16.3. The predicted molar refractivity (Wildman–Crippen MR) is 99.1 cm³/mol. The Bertz CT molecular complexity index is 611. The lowest BCUT2D eigenvalue weighted by Gasteiger charge is -2.18. The molecule has 3 nitrogen and oxygen atoms in total. The Kier molecular flexibility index (Phi) is 6.02. The number of aliphatic hydroxyl groups excluding tert-OH is 1. The number of aryl methyl sites for hydroxylation is 1. The van der Waals surface area contributed by atoms with Gasteiger partial charge in [-0.25, -0.2) is 0 Å². The van der Waals surface area contributed by atoms with E-state index in [0.717, 1.165) is 38.0 Å². The van der Waals surface area contributed by atoms with E-state index < -0.39 is 6.10 Å². The first-order valence-corrected chi connectivity index (χ1v) is 8.95. The fourth-order valence-corrected chi connectivity index (χ4v) is 3.32. The van der Waals surface area contributed by atoms with Gasteiger partial charge in [-0.15, -0.1) is 0 Å². The molecule has 0 saturated carbocycles. The molecule has 3 rings (SSSR count). The molecule has 3 heteroatoms. The van der Waals surface area contributed by atoms with Crippen LogP contribution in [0.5, 0.6) is 0 Å². The lowest BCUT2D eigenvalue weighted by atomic mass is 10.1. The summed E-state index contributed by atoms with van der Waals surface area (Å²) in [5, 5.41) is 13.8. The maximum Gasteiger partial charge on any atom is 0.0914 e. The van der Waals surface area contributed by atoms with E-state index in [1.165, 1.54) is 11.1 Å². The van der Waals surface area contributed by atoms with Gasteiger partial charge in [0.05, 0.1) is 6.10 Å². The van der Waals surface area contributed by atoms with Crippen LogP contribution in [0.2, 0.25) is 0 Å². The summed E-state index contributed by atoms with van der Waals surface area (Å²) in [5.41, 5.74) is 3.62. The minimum atomic E-state index is -0.427. The molecule has 0 aliphatic carbocycles. The van der Waals surface area contributed by atoms with Gasteiger partial charge >= 0.3 is 0 Å². The predicted octanol–water partition coefficient (Wildman–Crippen LogP) is 2.94. The third-order valence-corrected chi connectivity index (χ3v) is 4.89. The Hall–Kier alpha value is -1.68. The van der Waals surface area contributed by atoms with E-state index in [1.807, 2.05) is 12.1 Å². The highest BCUT2D eigenvalue weighted by Gasteiger charge is 2.22. The minimum absolute atomic E-state index is 0.427. The molecule has 0 unspecified atom stereocenters. The summed E-state index contributed by atoms with van der Waals surface area (Å²) >= 11 is 0. The molecule has 128 valence electrons. The van der Waals surface area contributed by atoms with Gasteiger partial charge in [0.15, 0.2) is 0 Å². The van der Waals surface area contributed by atoms with Crippen LogP contribution in [0.3, 0.4) is 0 Å². The van der Waals surface area contributed by atoms with Gasteiger partial charge in [-0.3, -0.25) is 0 Å². The van der Waals surface area contributed by atoms with E-state index in [0.29, 0.717) is 12.6 Å².